The Labute approximate surface area is 93.9 Å². The molecule has 1 saturated heterocycles. The maximum Gasteiger partial charge on any atom is 0.231 e. The molecule has 3 rings (SSSR count). The van der Waals surface area contributed by atoms with Crippen molar-refractivity contribution in [3.05, 3.63) is 23.8 Å². The van der Waals surface area contributed by atoms with Crippen LogP contribution < -0.4 is 26.1 Å². The Morgan fingerprint density at radius 3 is 2.81 bits per heavy atom. The van der Waals surface area contributed by atoms with E-state index in [1.807, 2.05) is 18.2 Å². The molecule has 1 aromatic carbocycles. The van der Waals surface area contributed by atoms with Crippen molar-refractivity contribution in [2.75, 3.05) is 6.79 Å². The minimum atomic E-state index is 0.0559. The number of ether oxygens (including phenoxy) is 2. The molecule has 5 heteroatoms. The van der Waals surface area contributed by atoms with Gasteiger partial charge in [0.2, 0.25) is 6.79 Å². The maximum atomic E-state index is 6.10. The molecule has 0 saturated carbocycles. The van der Waals surface area contributed by atoms with Crippen molar-refractivity contribution in [2.45, 2.75) is 25.0 Å². The van der Waals surface area contributed by atoms with Gasteiger partial charge in [-0.15, -0.1) is 0 Å². The minimum absolute atomic E-state index is 0.0559. The molecule has 2 heterocycles. The van der Waals surface area contributed by atoms with Crippen LogP contribution in [0.1, 0.15) is 18.5 Å². The van der Waals surface area contributed by atoms with Crippen molar-refractivity contribution < 1.29 is 9.47 Å². The highest BCUT2D eigenvalue weighted by molar-refractivity contribution is 5.45. The molecule has 2 aliphatic rings. The van der Waals surface area contributed by atoms with Crippen molar-refractivity contribution in [1.82, 2.24) is 10.9 Å². The molecule has 0 amide bonds. The lowest BCUT2D eigenvalue weighted by atomic mass is 9.98. The Kier molecular flexibility index (Phi) is 2.24. The first-order chi connectivity index (χ1) is 7.75. The van der Waals surface area contributed by atoms with Gasteiger partial charge in [0.25, 0.3) is 0 Å². The Hall–Kier alpha value is -1.30. The molecule has 1 aromatic rings. The van der Waals surface area contributed by atoms with Crippen molar-refractivity contribution in [3.63, 3.8) is 0 Å². The number of rotatable bonds is 1. The van der Waals surface area contributed by atoms with E-state index in [0.29, 0.717) is 6.79 Å². The van der Waals surface area contributed by atoms with Gasteiger partial charge in [-0.25, -0.2) is 5.43 Å². The van der Waals surface area contributed by atoms with E-state index in [0.717, 1.165) is 17.1 Å². The van der Waals surface area contributed by atoms with E-state index in [4.69, 9.17) is 15.2 Å². The second kappa shape index (κ2) is 3.62. The Balaban J connectivity index is 1.90. The van der Waals surface area contributed by atoms with Gasteiger partial charge in [0.05, 0.1) is 6.04 Å². The van der Waals surface area contributed by atoms with E-state index in [1.54, 1.807) is 0 Å². The third kappa shape index (κ3) is 1.44. The number of hydrogen-bond acceptors (Lipinski definition) is 5. The molecule has 0 bridgehead atoms. The summed E-state index contributed by atoms with van der Waals surface area (Å²) in [4.78, 5) is 0. The van der Waals surface area contributed by atoms with Gasteiger partial charge in [-0.1, -0.05) is 6.07 Å². The fourth-order valence-electron chi connectivity index (χ4n) is 2.11. The van der Waals surface area contributed by atoms with E-state index in [9.17, 15) is 0 Å². The summed E-state index contributed by atoms with van der Waals surface area (Å²) in [5.74, 6) is 1.60. The molecular formula is C11H15N3O2. The first kappa shape index (κ1) is 9.89. The highest BCUT2D eigenvalue weighted by Crippen LogP contribution is 2.35. The van der Waals surface area contributed by atoms with E-state index >= 15 is 0 Å². The number of fused-ring (bicyclic) bond motifs is 1. The Morgan fingerprint density at radius 2 is 2.06 bits per heavy atom. The van der Waals surface area contributed by atoms with Crippen LogP contribution in [0.3, 0.4) is 0 Å². The lowest BCUT2D eigenvalue weighted by Crippen LogP contribution is -2.35. The average molecular weight is 221 g/mol. The largest absolute Gasteiger partial charge is 0.454 e. The Bertz CT molecular complexity index is 410. The molecular weight excluding hydrogens is 206 g/mol. The summed E-state index contributed by atoms with van der Waals surface area (Å²) in [5, 5.41) is 0. The molecule has 5 nitrogen and oxygen atoms in total. The second-order valence-electron chi connectivity index (χ2n) is 4.25. The van der Waals surface area contributed by atoms with Gasteiger partial charge < -0.3 is 15.2 Å². The van der Waals surface area contributed by atoms with Gasteiger partial charge in [-0.05, 0) is 24.6 Å². The first-order valence-electron chi connectivity index (χ1n) is 5.42. The molecule has 0 aromatic heterocycles. The third-order valence-electron chi connectivity index (χ3n) is 3.18. The lowest BCUT2D eigenvalue weighted by Gasteiger charge is -2.16. The average Bonchev–Trinajstić information content (AvgIpc) is 2.86. The van der Waals surface area contributed by atoms with Crippen LogP contribution in [-0.4, -0.2) is 18.9 Å². The van der Waals surface area contributed by atoms with Crippen LogP contribution in [0.5, 0.6) is 11.5 Å². The van der Waals surface area contributed by atoms with Crippen molar-refractivity contribution in [3.8, 4) is 11.5 Å². The standard InChI is InChI=1S/C11H15N3O2/c1-6-10(12)11(14-13-6)7-2-3-8-9(4-7)16-5-15-8/h2-4,6,10-11,13-14H,5,12H2,1H3. The summed E-state index contributed by atoms with van der Waals surface area (Å²) in [7, 11) is 0. The lowest BCUT2D eigenvalue weighted by molar-refractivity contribution is 0.174. The smallest absolute Gasteiger partial charge is 0.231 e. The maximum absolute atomic E-state index is 6.10. The van der Waals surface area contributed by atoms with E-state index in [1.165, 1.54) is 0 Å². The highest BCUT2D eigenvalue weighted by Gasteiger charge is 2.31. The molecule has 1 fully saturated rings. The predicted octanol–water partition coefficient (Wildman–Crippen LogP) is 0.280. The van der Waals surface area contributed by atoms with Crippen LogP contribution in [0.25, 0.3) is 0 Å². The summed E-state index contributed by atoms with van der Waals surface area (Å²) < 4.78 is 10.6. The van der Waals surface area contributed by atoms with Crippen molar-refractivity contribution >= 4 is 0 Å². The normalized spacial score (nSPS) is 32.0. The monoisotopic (exact) mass is 221 g/mol. The van der Waals surface area contributed by atoms with Crippen molar-refractivity contribution in [1.29, 1.82) is 0 Å². The van der Waals surface area contributed by atoms with Crippen LogP contribution in [0, 0.1) is 0 Å². The van der Waals surface area contributed by atoms with Crippen molar-refractivity contribution in [2.24, 2.45) is 5.73 Å². The second-order valence-corrected chi connectivity index (χ2v) is 4.25. The molecule has 86 valence electrons. The minimum Gasteiger partial charge on any atom is -0.454 e. The van der Waals surface area contributed by atoms with Crippen LogP contribution >= 0.6 is 0 Å². The van der Waals surface area contributed by atoms with E-state index in [-0.39, 0.29) is 18.1 Å². The molecule has 16 heavy (non-hydrogen) atoms. The number of hydrogen-bond donors (Lipinski definition) is 3. The summed E-state index contributed by atoms with van der Waals surface area (Å²) in [5.41, 5.74) is 13.6. The quantitative estimate of drug-likeness (QED) is 0.635. The highest BCUT2D eigenvalue weighted by atomic mass is 16.7. The zero-order valence-corrected chi connectivity index (χ0v) is 9.07. The molecule has 0 spiro atoms. The fraction of sp³-hybridized carbons (Fsp3) is 0.455. The molecule has 0 aliphatic carbocycles. The third-order valence-corrected chi connectivity index (χ3v) is 3.18. The first-order valence-corrected chi connectivity index (χ1v) is 5.42. The summed E-state index contributed by atoms with van der Waals surface area (Å²) in [6.45, 7) is 2.36. The van der Waals surface area contributed by atoms with Crippen LogP contribution in [0.4, 0.5) is 0 Å². The number of nitrogens with one attached hydrogen (secondary N) is 2. The molecule has 0 radical (unpaired) electrons. The zero-order chi connectivity index (χ0) is 11.1. The van der Waals surface area contributed by atoms with Crippen LogP contribution in [0.2, 0.25) is 0 Å². The zero-order valence-electron chi connectivity index (χ0n) is 9.07. The molecule has 4 N–H and O–H groups in total. The van der Waals surface area contributed by atoms with Gasteiger partial charge in [0, 0.05) is 12.1 Å². The molecule has 3 atom stereocenters. The van der Waals surface area contributed by atoms with Gasteiger partial charge >= 0.3 is 0 Å². The summed E-state index contributed by atoms with van der Waals surface area (Å²) >= 11 is 0. The van der Waals surface area contributed by atoms with Gasteiger partial charge in [0.15, 0.2) is 11.5 Å². The number of nitrogens with two attached hydrogens (primary N) is 1. The SMILES string of the molecule is CC1NNC(c2ccc3c(c2)OCO3)C1N. The fourth-order valence-corrected chi connectivity index (χ4v) is 2.11. The van der Waals surface area contributed by atoms with Crippen LogP contribution in [0.15, 0.2) is 18.2 Å². The van der Waals surface area contributed by atoms with Gasteiger partial charge in [0.1, 0.15) is 0 Å². The van der Waals surface area contributed by atoms with Gasteiger partial charge in [-0.2, -0.15) is 0 Å². The van der Waals surface area contributed by atoms with Gasteiger partial charge in [-0.3, -0.25) is 5.43 Å². The summed E-state index contributed by atoms with van der Waals surface area (Å²) in [6, 6.07) is 6.36. The van der Waals surface area contributed by atoms with E-state index < -0.39 is 0 Å². The summed E-state index contributed by atoms with van der Waals surface area (Å²) in [6.07, 6.45) is 0. The van der Waals surface area contributed by atoms with Crippen LogP contribution in [-0.2, 0) is 0 Å². The number of benzene rings is 1. The molecule has 3 unspecified atom stereocenters. The number of hydrazine groups is 1. The Morgan fingerprint density at radius 1 is 1.25 bits per heavy atom. The topological polar surface area (TPSA) is 68.5 Å². The molecule has 2 aliphatic heterocycles. The van der Waals surface area contributed by atoms with E-state index in [2.05, 4.69) is 17.8 Å². The predicted molar refractivity (Wildman–Crippen MR) is 59.0 cm³/mol.